The van der Waals surface area contributed by atoms with Crippen molar-refractivity contribution in [2.24, 2.45) is 4.99 Å². The van der Waals surface area contributed by atoms with Crippen LogP contribution in [0.4, 0.5) is 5.69 Å². The molecule has 0 saturated carbocycles. The Bertz CT molecular complexity index is 1070. The third-order valence-electron chi connectivity index (χ3n) is 5.17. The number of rotatable bonds is 3. The maximum absolute atomic E-state index is 11.4. The van der Waals surface area contributed by atoms with Crippen molar-refractivity contribution in [3.8, 4) is 5.75 Å². The Morgan fingerprint density at radius 2 is 1.37 bits per heavy atom. The van der Waals surface area contributed by atoms with Gasteiger partial charge in [0, 0.05) is 21.7 Å². The van der Waals surface area contributed by atoms with Crippen molar-refractivity contribution < 1.29 is 5.11 Å². The number of hydrogen-bond donors (Lipinski definition) is 1. The summed E-state index contributed by atoms with van der Waals surface area (Å²) in [7, 11) is 0. The first-order valence-corrected chi connectivity index (χ1v) is 10.6. The topological polar surface area (TPSA) is 32.6 Å². The largest absolute Gasteiger partial charge is 0.507 e. The number of aromatic hydroxyl groups is 1. The second-order valence-corrected chi connectivity index (χ2v) is 10.1. The number of nitrogens with zero attached hydrogens (tertiary/aromatic N) is 1. The number of phenolic OH excluding ortho intramolecular Hbond substituents is 1. The molecule has 156 valence electrons. The zero-order valence-electron chi connectivity index (χ0n) is 18.6. The van der Waals surface area contributed by atoms with Crippen molar-refractivity contribution in [2.45, 2.75) is 52.4 Å². The van der Waals surface area contributed by atoms with Crippen LogP contribution in [0.3, 0.4) is 0 Å². The maximum atomic E-state index is 11.4. The Labute approximate surface area is 185 Å². The molecule has 2 nitrogen and oxygen atoms in total. The van der Waals surface area contributed by atoms with E-state index in [2.05, 4.69) is 53.7 Å². The van der Waals surface area contributed by atoms with Gasteiger partial charge in [0.25, 0.3) is 0 Å². The van der Waals surface area contributed by atoms with Gasteiger partial charge in [-0.25, -0.2) is 4.99 Å². The van der Waals surface area contributed by atoms with Crippen molar-refractivity contribution in [1.82, 2.24) is 0 Å². The van der Waals surface area contributed by atoms with E-state index in [1.807, 2.05) is 54.6 Å². The first-order valence-electron chi connectivity index (χ1n) is 10.3. The molecular weight excluding hydrogens is 390 g/mol. The third kappa shape index (κ3) is 4.76. The zero-order valence-corrected chi connectivity index (χ0v) is 19.4. The Hall–Kier alpha value is -2.58. The Morgan fingerprint density at radius 3 is 1.93 bits per heavy atom. The van der Waals surface area contributed by atoms with Crippen LogP contribution in [0.1, 0.15) is 63.8 Å². The van der Waals surface area contributed by atoms with Crippen LogP contribution in [0, 0.1) is 0 Å². The van der Waals surface area contributed by atoms with Crippen LogP contribution >= 0.6 is 11.6 Å². The molecule has 0 aliphatic heterocycles. The van der Waals surface area contributed by atoms with Crippen LogP contribution in [-0.4, -0.2) is 10.8 Å². The molecule has 0 aliphatic rings. The summed E-state index contributed by atoms with van der Waals surface area (Å²) >= 11 is 6.58. The minimum Gasteiger partial charge on any atom is -0.507 e. The van der Waals surface area contributed by atoms with Gasteiger partial charge in [-0.15, -0.1) is 0 Å². The summed E-state index contributed by atoms with van der Waals surface area (Å²) in [5.41, 5.74) is 4.71. The van der Waals surface area contributed by atoms with Gasteiger partial charge < -0.3 is 5.11 Å². The summed E-state index contributed by atoms with van der Waals surface area (Å²) in [4.78, 5) is 4.94. The lowest BCUT2D eigenvalue weighted by Gasteiger charge is -2.28. The molecule has 3 aromatic rings. The standard InChI is InChI=1S/C27H30ClNO/c1-26(2,3)18-16-21(25(30)22(17-18)27(4,5)6)24(20-14-10-11-15-23(20)28)29-19-12-8-7-9-13-19/h7-17,30H,1-6H3. The van der Waals surface area contributed by atoms with Gasteiger partial charge in [-0.05, 0) is 40.7 Å². The predicted octanol–water partition coefficient (Wildman–Crippen LogP) is 7.81. The molecule has 0 bridgehead atoms. The molecule has 1 N–H and O–H groups in total. The van der Waals surface area contributed by atoms with Crippen LogP contribution in [0.25, 0.3) is 0 Å². The summed E-state index contributed by atoms with van der Waals surface area (Å²) in [5, 5.41) is 12.0. The summed E-state index contributed by atoms with van der Waals surface area (Å²) in [6, 6.07) is 21.6. The summed E-state index contributed by atoms with van der Waals surface area (Å²) < 4.78 is 0. The summed E-state index contributed by atoms with van der Waals surface area (Å²) in [5.74, 6) is 0.255. The number of hydrogen-bond acceptors (Lipinski definition) is 2. The lowest BCUT2D eigenvalue weighted by Crippen LogP contribution is -2.19. The highest BCUT2D eigenvalue weighted by atomic mass is 35.5. The molecule has 0 aromatic heterocycles. The molecule has 0 radical (unpaired) electrons. The van der Waals surface area contributed by atoms with E-state index in [-0.39, 0.29) is 16.6 Å². The quantitative estimate of drug-likeness (QED) is 0.431. The maximum Gasteiger partial charge on any atom is 0.128 e. The Balaban J connectivity index is 2.39. The molecule has 3 rings (SSSR count). The number of phenols is 1. The second kappa shape index (κ2) is 8.28. The van der Waals surface area contributed by atoms with E-state index in [9.17, 15) is 5.11 Å². The van der Waals surface area contributed by atoms with Crippen molar-refractivity contribution >= 4 is 23.0 Å². The molecule has 0 aliphatic carbocycles. The molecule has 0 unspecified atom stereocenters. The first-order chi connectivity index (χ1) is 14.0. The molecule has 0 spiro atoms. The van der Waals surface area contributed by atoms with E-state index in [0.717, 1.165) is 22.4 Å². The van der Waals surface area contributed by atoms with E-state index in [1.165, 1.54) is 0 Å². The first kappa shape index (κ1) is 22.1. The third-order valence-corrected chi connectivity index (χ3v) is 5.49. The fourth-order valence-corrected chi connectivity index (χ4v) is 3.60. The van der Waals surface area contributed by atoms with Crippen molar-refractivity contribution in [3.63, 3.8) is 0 Å². The van der Waals surface area contributed by atoms with Crippen LogP contribution < -0.4 is 0 Å². The SMILES string of the molecule is CC(C)(C)c1cc(C(=Nc2ccccc2)c2ccccc2Cl)c(O)c(C(C)(C)C)c1. The van der Waals surface area contributed by atoms with Crippen LogP contribution in [-0.2, 0) is 10.8 Å². The minimum atomic E-state index is -0.224. The highest BCUT2D eigenvalue weighted by molar-refractivity contribution is 6.35. The number of halogens is 1. The number of aliphatic imine (C=N–C) groups is 1. The molecule has 0 fully saturated rings. The predicted molar refractivity (Wildman–Crippen MR) is 129 cm³/mol. The lowest BCUT2D eigenvalue weighted by molar-refractivity contribution is 0.443. The van der Waals surface area contributed by atoms with Crippen LogP contribution in [0.15, 0.2) is 71.7 Å². The van der Waals surface area contributed by atoms with Gasteiger partial charge in [0.15, 0.2) is 0 Å². The normalized spacial score (nSPS) is 12.8. The van der Waals surface area contributed by atoms with Crippen LogP contribution in [0.2, 0.25) is 5.02 Å². The van der Waals surface area contributed by atoms with Gasteiger partial charge in [-0.2, -0.15) is 0 Å². The van der Waals surface area contributed by atoms with Crippen molar-refractivity contribution in [2.75, 3.05) is 0 Å². The van der Waals surface area contributed by atoms with Gasteiger partial charge in [-0.1, -0.05) is 95.6 Å². The fraction of sp³-hybridized carbons (Fsp3) is 0.296. The van der Waals surface area contributed by atoms with Crippen LogP contribution in [0.5, 0.6) is 5.75 Å². The lowest BCUT2D eigenvalue weighted by atomic mass is 9.78. The zero-order chi connectivity index (χ0) is 22.1. The fourth-order valence-electron chi connectivity index (χ4n) is 3.37. The minimum absolute atomic E-state index is 0.0826. The average molecular weight is 420 g/mol. The molecule has 0 saturated heterocycles. The highest BCUT2D eigenvalue weighted by Crippen LogP contribution is 2.39. The highest BCUT2D eigenvalue weighted by Gasteiger charge is 2.27. The van der Waals surface area contributed by atoms with E-state index >= 15 is 0 Å². The Morgan fingerprint density at radius 1 is 0.767 bits per heavy atom. The van der Waals surface area contributed by atoms with Gasteiger partial charge in [0.05, 0.1) is 11.4 Å². The Kier molecular flexibility index (Phi) is 6.10. The van der Waals surface area contributed by atoms with E-state index in [4.69, 9.17) is 16.6 Å². The summed E-state index contributed by atoms with van der Waals surface area (Å²) in [6.45, 7) is 12.9. The molecule has 0 heterocycles. The van der Waals surface area contributed by atoms with Gasteiger partial charge in [0.1, 0.15) is 5.75 Å². The molecular formula is C27H30ClNO. The van der Waals surface area contributed by atoms with Crippen molar-refractivity contribution in [1.29, 1.82) is 0 Å². The van der Waals surface area contributed by atoms with E-state index in [1.54, 1.807) is 0 Å². The monoisotopic (exact) mass is 419 g/mol. The smallest absolute Gasteiger partial charge is 0.128 e. The van der Waals surface area contributed by atoms with E-state index < -0.39 is 0 Å². The number of benzene rings is 3. The molecule has 3 aromatic carbocycles. The second-order valence-electron chi connectivity index (χ2n) is 9.70. The van der Waals surface area contributed by atoms with Gasteiger partial charge in [0.2, 0.25) is 0 Å². The molecule has 3 heteroatoms. The number of para-hydroxylation sites is 1. The molecule has 0 amide bonds. The molecule has 30 heavy (non-hydrogen) atoms. The summed E-state index contributed by atoms with van der Waals surface area (Å²) in [6.07, 6.45) is 0. The van der Waals surface area contributed by atoms with Crippen molar-refractivity contribution in [3.05, 3.63) is 94.0 Å². The van der Waals surface area contributed by atoms with E-state index in [0.29, 0.717) is 16.3 Å². The van der Waals surface area contributed by atoms with Gasteiger partial charge in [-0.3, -0.25) is 0 Å². The molecule has 0 atom stereocenters. The van der Waals surface area contributed by atoms with Gasteiger partial charge >= 0.3 is 0 Å². The average Bonchev–Trinajstić information content (AvgIpc) is 2.66.